The molecule has 2 N–H and O–H groups in total. The van der Waals surface area contributed by atoms with E-state index in [4.69, 9.17) is 11.6 Å². The Hall–Kier alpha value is -0.320. The predicted molar refractivity (Wildman–Crippen MR) is 59.0 cm³/mol. The standard InChI is InChI=1S/C9H13ClN2OS/c10-8-5-14-9(12-8)11-6-1-3-7(13)4-2-6/h5-7,13H,1-4H2,(H,11,12). The van der Waals surface area contributed by atoms with Gasteiger partial charge in [-0.3, -0.25) is 0 Å². The number of aromatic nitrogens is 1. The summed E-state index contributed by atoms with van der Waals surface area (Å²) in [6.07, 6.45) is 3.69. The minimum absolute atomic E-state index is 0.104. The van der Waals surface area contributed by atoms with Crippen LogP contribution in [0.2, 0.25) is 5.15 Å². The number of hydrogen-bond donors (Lipinski definition) is 2. The quantitative estimate of drug-likeness (QED) is 0.824. The van der Waals surface area contributed by atoms with Gasteiger partial charge in [0.1, 0.15) is 5.15 Å². The minimum Gasteiger partial charge on any atom is -0.393 e. The van der Waals surface area contributed by atoms with Gasteiger partial charge in [-0.1, -0.05) is 11.6 Å². The molecule has 0 bridgehead atoms. The highest BCUT2D eigenvalue weighted by Gasteiger charge is 2.19. The van der Waals surface area contributed by atoms with Crippen molar-refractivity contribution < 1.29 is 5.11 Å². The summed E-state index contributed by atoms with van der Waals surface area (Å²) in [4.78, 5) is 4.13. The Morgan fingerprint density at radius 1 is 1.43 bits per heavy atom. The number of anilines is 1. The van der Waals surface area contributed by atoms with E-state index in [2.05, 4.69) is 10.3 Å². The molecule has 0 aromatic carbocycles. The molecule has 78 valence electrons. The van der Waals surface area contributed by atoms with Gasteiger partial charge in [-0.25, -0.2) is 4.98 Å². The molecule has 0 aliphatic heterocycles. The lowest BCUT2D eigenvalue weighted by atomic mass is 9.93. The fourth-order valence-corrected chi connectivity index (χ4v) is 2.63. The highest BCUT2D eigenvalue weighted by atomic mass is 35.5. The summed E-state index contributed by atoms with van der Waals surface area (Å²) in [5.41, 5.74) is 0. The zero-order valence-corrected chi connectivity index (χ0v) is 9.31. The van der Waals surface area contributed by atoms with Gasteiger partial charge in [-0.05, 0) is 25.7 Å². The predicted octanol–water partition coefficient (Wildman–Crippen LogP) is 2.51. The number of nitrogens with zero attached hydrogens (tertiary/aromatic N) is 1. The van der Waals surface area contributed by atoms with Crippen LogP contribution in [-0.4, -0.2) is 22.2 Å². The Morgan fingerprint density at radius 2 is 2.14 bits per heavy atom. The molecule has 0 radical (unpaired) electrons. The third-order valence-corrected chi connectivity index (χ3v) is 3.60. The number of rotatable bonds is 2. The highest BCUT2D eigenvalue weighted by Crippen LogP contribution is 2.25. The molecule has 0 amide bonds. The number of aliphatic hydroxyl groups is 1. The van der Waals surface area contributed by atoms with Crippen LogP contribution >= 0.6 is 22.9 Å². The smallest absolute Gasteiger partial charge is 0.184 e. The Balaban J connectivity index is 1.86. The molecule has 0 unspecified atom stereocenters. The Bertz CT molecular complexity index is 297. The average Bonchev–Trinajstić information content (AvgIpc) is 2.56. The normalized spacial score (nSPS) is 27.6. The Kier molecular flexibility index (Phi) is 3.26. The van der Waals surface area contributed by atoms with E-state index in [1.165, 1.54) is 11.3 Å². The first-order valence-corrected chi connectivity index (χ1v) is 6.05. The molecule has 5 heteroatoms. The van der Waals surface area contributed by atoms with E-state index >= 15 is 0 Å². The molecule has 1 fully saturated rings. The molecule has 1 heterocycles. The van der Waals surface area contributed by atoms with E-state index in [0.717, 1.165) is 30.8 Å². The van der Waals surface area contributed by atoms with E-state index in [-0.39, 0.29) is 6.10 Å². The molecule has 0 spiro atoms. The fourth-order valence-electron chi connectivity index (χ4n) is 1.72. The highest BCUT2D eigenvalue weighted by molar-refractivity contribution is 7.14. The van der Waals surface area contributed by atoms with Crippen LogP contribution in [0, 0.1) is 0 Å². The molecular weight excluding hydrogens is 220 g/mol. The van der Waals surface area contributed by atoms with Crippen molar-refractivity contribution in [2.75, 3.05) is 5.32 Å². The van der Waals surface area contributed by atoms with Gasteiger partial charge in [-0.15, -0.1) is 11.3 Å². The van der Waals surface area contributed by atoms with Gasteiger partial charge in [-0.2, -0.15) is 0 Å². The second kappa shape index (κ2) is 4.47. The summed E-state index contributed by atoms with van der Waals surface area (Å²) < 4.78 is 0. The van der Waals surface area contributed by atoms with E-state index in [1.54, 1.807) is 0 Å². The van der Waals surface area contributed by atoms with Crippen molar-refractivity contribution >= 4 is 28.1 Å². The number of halogens is 1. The summed E-state index contributed by atoms with van der Waals surface area (Å²) in [6.45, 7) is 0. The lowest BCUT2D eigenvalue weighted by molar-refractivity contribution is 0.126. The van der Waals surface area contributed by atoms with Crippen molar-refractivity contribution in [3.05, 3.63) is 10.5 Å². The van der Waals surface area contributed by atoms with Gasteiger partial charge >= 0.3 is 0 Å². The molecule has 1 aliphatic rings. The van der Waals surface area contributed by atoms with Crippen LogP contribution in [0.1, 0.15) is 25.7 Å². The van der Waals surface area contributed by atoms with E-state index < -0.39 is 0 Å². The van der Waals surface area contributed by atoms with Gasteiger partial charge in [0.15, 0.2) is 5.13 Å². The van der Waals surface area contributed by atoms with Crippen molar-refractivity contribution in [3.8, 4) is 0 Å². The van der Waals surface area contributed by atoms with E-state index in [9.17, 15) is 5.11 Å². The van der Waals surface area contributed by atoms with Gasteiger partial charge in [0.05, 0.1) is 6.10 Å². The first kappa shape index (κ1) is 10.2. The van der Waals surface area contributed by atoms with Gasteiger partial charge in [0.25, 0.3) is 0 Å². The van der Waals surface area contributed by atoms with E-state index in [0.29, 0.717) is 11.2 Å². The lowest BCUT2D eigenvalue weighted by Crippen LogP contribution is -2.28. The van der Waals surface area contributed by atoms with Crippen LogP contribution in [0.5, 0.6) is 0 Å². The monoisotopic (exact) mass is 232 g/mol. The molecule has 1 aromatic rings. The molecule has 0 atom stereocenters. The largest absolute Gasteiger partial charge is 0.393 e. The Labute approximate surface area is 92.1 Å². The molecule has 1 aliphatic carbocycles. The van der Waals surface area contributed by atoms with Crippen molar-refractivity contribution in [1.29, 1.82) is 0 Å². The van der Waals surface area contributed by atoms with Gasteiger partial charge in [0.2, 0.25) is 0 Å². The summed E-state index contributed by atoms with van der Waals surface area (Å²) in [5.74, 6) is 0. The molecule has 3 nitrogen and oxygen atoms in total. The van der Waals surface area contributed by atoms with Crippen molar-refractivity contribution in [3.63, 3.8) is 0 Å². The second-order valence-electron chi connectivity index (χ2n) is 3.63. The fraction of sp³-hybridized carbons (Fsp3) is 0.667. The molecule has 14 heavy (non-hydrogen) atoms. The van der Waals surface area contributed by atoms with Crippen LogP contribution in [0.15, 0.2) is 5.38 Å². The second-order valence-corrected chi connectivity index (χ2v) is 4.87. The van der Waals surface area contributed by atoms with Crippen LogP contribution in [0.4, 0.5) is 5.13 Å². The number of thiazole rings is 1. The molecule has 0 saturated heterocycles. The average molecular weight is 233 g/mol. The maximum absolute atomic E-state index is 9.34. The SMILES string of the molecule is OC1CCC(Nc2nc(Cl)cs2)CC1. The Morgan fingerprint density at radius 3 is 2.71 bits per heavy atom. The first-order chi connectivity index (χ1) is 6.74. The van der Waals surface area contributed by atoms with Crippen LogP contribution in [0.3, 0.4) is 0 Å². The zero-order chi connectivity index (χ0) is 9.97. The topological polar surface area (TPSA) is 45.1 Å². The number of hydrogen-bond acceptors (Lipinski definition) is 4. The van der Waals surface area contributed by atoms with Crippen molar-refractivity contribution in [2.45, 2.75) is 37.8 Å². The van der Waals surface area contributed by atoms with Crippen molar-refractivity contribution in [2.24, 2.45) is 0 Å². The minimum atomic E-state index is -0.104. The molecule has 1 saturated carbocycles. The zero-order valence-electron chi connectivity index (χ0n) is 7.74. The first-order valence-electron chi connectivity index (χ1n) is 4.79. The van der Waals surface area contributed by atoms with E-state index in [1.807, 2.05) is 5.38 Å². The molecular formula is C9H13ClN2OS. The van der Waals surface area contributed by atoms with Crippen LogP contribution in [0.25, 0.3) is 0 Å². The van der Waals surface area contributed by atoms with Crippen LogP contribution < -0.4 is 5.32 Å². The molecule has 1 aromatic heterocycles. The third kappa shape index (κ3) is 2.59. The maximum atomic E-state index is 9.34. The number of nitrogens with one attached hydrogen (secondary N) is 1. The van der Waals surface area contributed by atoms with Gasteiger partial charge < -0.3 is 10.4 Å². The van der Waals surface area contributed by atoms with Crippen LogP contribution in [-0.2, 0) is 0 Å². The summed E-state index contributed by atoms with van der Waals surface area (Å²) in [6, 6.07) is 0.445. The molecule has 2 rings (SSSR count). The van der Waals surface area contributed by atoms with Crippen molar-refractivity contribution in [1.82, 2.24) is 4.98 Å². The van der Waals surface area contributed by atoms with Gasteiger partial charge in [0, 0.05) is 11.4 Å². The lowest BCUT2D eigenvalue weighted by Gasteiger charge is -2.25. The summed E-state index contributed by atoms with van der Waals surface area (Å²) in [7, 11) is 0. The summed E-state index contributed by atoms with van der Waals surface area (Å²) in [5, 5.41) is 15.9. The third-order valence-electron chi connectivity index (χ3n) is 2.50. The number of aliphatic hydroxyl groups excluding tert-OH is 1. The maximum Gasteiger partial charge on any atom is 0.184 e. The summed E-state index contributed by atoms with van der Waals surface area (Å²) >= 11 is 7.25.